The number of pyridine rings is 1. The number of thiazole rings is 1. The zero-order chi connectivity index (χ0) is 14.8. The molecule has 3 rings (SSSR count). The Labute approximate surface area is 136 Å². The number of para-hydroxylation sites is 1. The van der Waals surface area contributed by atoms with E-state index in [2.05, 4.69) is 57.6 Å². The highest BCUT2D eigenvalue weighted by Gasteiger charge is 2.11. The van der Waals surface area contributed by atoms with E-state index >= 15 is 0 Å². The Morgan fingerprint density at radius 2 is 2.05 bits per heavy atom. The van der Waals surface area contributed by atoms with Crippen molar-refractivity contribution in [2.24, 2.45) is 0 Å². The molecule has 0 atom stereocenters. The van der Waals surface area contributed by atoms with Gasteiger partial charge in [-0.05, 0) is 28.1 Å². The molecule has 0 fully saturated rings. The van der Waals surface area contributed by atoms with E-state index < -0.39 is 0 Å². The van der Waals surface area contributed by atoms with Crippen LogP contribution in [-0.4, -0.2) is 16.0 Å². The first kappa shape index (κ1) is 14.6. The first-order valence-corrected chi connectivity index (χ1v) is 8.54. The molecule has 2 heterocycles. The largest absolute Gasteiger partial charge is 0.309 e. The number of nitrogens with zero attached hydrogens (tertiary/aromatic N) is 2. The summed E-state index contributed by atoms with van der Waals surface area (Å²) in [5.74, 6) is 0. The number of fused-ring (bicyclic) bond motifs is 1. The number of aromatic nitrogens is 2. The van der Waals surface area contributed by atoms with Crippen molar-refractivity contribution in [1.29, 1.82) is 0 Å². The van der Waals surface area contributed by atoms with E-state index in [1.807, 2.05) is 18.2 Å². The molecule has 0 saturated heterocycles. The molecule has 2 aromatic heterocycles. The van der Waals surface area contributed by atoms with Crippen LogP contribution >= 0.6 is 27.3 Å². The molecule has 0 bridgehead atoms. The van der Waals surface area contributed by atoms with Crippen molar-refractivity contribution in [2.45, 2.75) is 26.4 Å². The summed E-state index contributed by atoms with van der Waals surface area (Å²) in [7, 11) is 0. The van der Waals surface area contributed by atoms with Gasteiger partial charge in [-0.25, -0.2) is 9.97 Å². The van der Waals surface area contributed by atoms with Gasteiger partial charge in [0.1, 0.15) is 10.7 Å². The lowest BCUT2D eigenvalue weighted by molar-refractivity contribution is 0.583. The first-order chi connectivity index (χ1) is 10.1. The van der Waals surface area contributed by atoms with Crippen LogP contribution in [0.15, 0.2) is 40.2 Å². The highest BCUT2D eigenvalue weighted by Crippen LogP contribution is 2.31. The van der Waals surface area contributed by atoms with Gasteiger partial charge in [0.05, 0.1) is 11.2 Å². The van der Waals surface area contributed by atoms with Gasteiger partial charge in [0.15, 0.2) is 0 Å². The van der Waals surface area contributed by atoms with Crippen LogP contribution in [0.2, 0.25) is 0 Å². The van der Waals surface area contributed by atoms with Crippen LogP contribution in [0.5, 0.6) is 0 Å². The van der Waals surface area contributed by atoms with Crippen LogP contribution in [0.4, 0.5) is 0 Å². The molecule has 0 spiro atoms. The third-order valence-corrected chi connectivity index (χ3v) is 4.63. The summed E-state index contributed by atoms with van der Waals surface area (Å²) in [5, 5.41) is 7.56. The summed E-state index contributed by atoms with van der Waals surface area (Å²) in [6, 6.07) is 10.7. The Kier molecular flexibility index (Phi) is 4.33. The smallest absolute Gasteiger partial charge is 0.143 e. The van der Waals surface area contributed by atoms with Gasteiger partial charge in [-0.3, -0.25) is 0 Å². The van der Waals surface area contributed by atoms with Crippen molar-refractivity contribution in [3.8, 4) is 10.7 Å². The number of rotatable bonds is 4. The number of benzene rings is 1. The molecule has 0 radical (unpaired) electrons. The molecule has 3 aromatic rings. The van der Waals surface area contributed by atoms with E-state index in [0.29, 0.717) is 6.04 Å². The van der Waals surface area contributed by atoms with E-state index in [0.717, 1.165) is 38.3 Å². The topological polar surface area (TPSA) is 37.8 Å². The van der Waals surface area contributed by atoms with Crippen molar-refractivity contribution >= 4 is 38.2 Å². The Morgan fingerprint density at radius 3 is 2.86 bits per heavy atom. The number of hydrogen-bond donors (Lipinski definition) is 1. The fourth-order valence-electron chi connectivity index (χ4n) is 2.05. The molecule has 21 heavy (non-hydrogen) atoms. The Morgan fingerprint density at radius 1 is 1.24 bits per heavy atom. The van der Waals surface area contributed by atoms with Crippen molar-refractivity contribution in [2.75, 3.05) is 0 Å². The third kappa shape index (κ3) is 3.31. The van der Waals surface area contributed by atoms with Gasteiger partial charge >= 0.3 is 0 Å². The normalized spacial score (nSPS) is 11.4. The van der Waals surface area contributed by atoms with Crippen LogP contribution in [0, 0.1) is 0 Å². The van der Waals surface area contributed by atoms with Crippen LogP contribution in [0.25, 0.3) is 21.6 Å². The van der Waals surface area contributed by atoms with Crippen molar-refractivity contribution in [3.05, 3.63) is 45.9 Å². The molecule has 108 valence electrons. The maximum absolute atomic E-state index is 4.73. The predicted molar refractivity (Wildman–Crippen MR) is 92.5 cm³/mol. The zero-order valence-corrected chi connectivity index (χ0v) is 14.3. The van der Waals surface area contributed by atoms with Crippen LogP contribution in [-0.2, 0) is 6.54 Å². The monoisotopic (exact) mass is 361 g/mol. The van der Waals surface area contributed by atoms with Gasteiger partial charge in [-0.15, -0.1) is 11.3 Å². The summed E-state index contributed by atoms with van der Waals surface area (Å²) in [4.78, 5) is 9.42. The summed E-state index contributed by atoms with van der Waals surface area (Å²) in [5.41, 5.74) is 2.97. The van der Waals surface area contributed by atoms with Crippen LogP contribution < -0.4 is 5.32 Å². The van der Waals surface area contributed by atoms with Crippen LogP contribution in [0.1, 0.15) is 19.5 Å². The number of halogens is 1. The van der Waals surface area contributed by atoms with Gasteiger partial charge in [-0.1, -0.05) is 32.0 Å². The minimum Gasteiger partial charge on any atom is -0.309 e. The lowest BCUT2D eigenvalue weighted by Gasteiger charge is -2.05. The Balaban J connectivity index is 1.94. The molecule has 0 aliphatic carbocycles. The van der Waals surface area contributed by atoms with E-state index in [4.69, 9.17) is 4.98 Å². The number of nitrogens with one attached hydrogen (secondary N) is 1. The maximum Gasteiger partial charge on any atom is 0.143 e. The third-order valence-electron chi connectivity index (χ3n) is 3.12. The molecule has 3 nitrogen and oxygen atoms in total. The standard InChI is InChI=1S/C16H16BrN3S/c1-10(2)18-8-12-9-21-16(19-12)15-13(17)7-11-5-3-4-6-14(11)20-15/h3-7,9-10,18H,8H2,1-2H3. The quantitative estimate of drug-likeness (QED) is 0.736. The minimum atomic E-state index is 0.459. The van der Waals surface area contributed by atoms with Gasteiger partial charge < -0.3 is 5.32 Å². The van der Waals surface area contributed by atoms with Gasteiger partial charge in [0.2, 0.25) is 0 Å². The average molecular weight is 362 g/mol. The zero-order valence-electron chi connectivity index (χ0n) is 11.9. The minimum absolute atomic E-state index is 0.459. The summed E-state index contributed by atoms with van der Waals surface area (Å²) in [6.07, 6.45) is 0. The average Bonchev–Trinajstić information content (AvgIpc) is 2.93. The van der Waals surface area contributed by atoms with E-state index in [1.165, 1.54) is 0 Å². The van der Waals surface area contributed by atoms with Crippen molar-refractivity contribution in [1.82, 2.24) is 15.3 Å². The lowest BCUT2D eigenvalue weighted by atomic mass is 10.2. The summed E-state index contributed by atoms with van der Waals surface area (Å²) >= 11 is 5.25. The molecular formula is C16H16BrN3S. The molecule has 5 heteroatoms. The molecule has 0 saturated carbocycles. The Hall–Kier alpha value is -1.30. The van der Waals surface area contributed by atoms with Gasteiger partial charge in [-0.2, -0.15) is 0 Å². The lowest BCUT2D eigenvalue weighted by Crippen LogP contribution is -2.21. The maximum atomic E-state index is 4.73. The van der Waals surface area contributed by atoms with Gasteiger partial charge in [0, 0.05) is 27.8 Å². The molecular weight excluding hydrogens is 346 g/mol. The van der Waals surface area contributed by atoms with E-state index in [1.54, 1.807) is 11.3 Å². The van der Waals surface area contributed by atoms with Crippen molar-refractivity contribution in [3.63, 3.8) is 0 Å². The van der Waals surface area contributed by atoms with Gasteiger partial charge in [0.25, 0.3) is 0 Å². The second-order valence-corrected chi connectivity index (χ2v) is 6.90. The summed E-state index contributed by atoms with van der Waals surface area (Å²) in [6.45, 7) is 5.06. The molecule has 0 aliphatic heterocycles. The fourth-order valence-corrected chi connectivity index (χ4v) is 3.52. The van der Waals surface area contributed by atoms with E-state index in [9.17, 15) is 0 Å². The van der Waals surface area contributed by atoms with E-state index in [-0.39, 0.29) is 0 Å². The van der Waals surface area contributed by atoms with Crippen molar-refractivity contribution < 1.29 is 0 Å². The van der Waals surface area contributed by atoms with Crippen LogP contribution in [0.3, 0.4) is 0 Å². The highest BCUT2D eigenvalue weighted by molar-refractivity contribution is 9.10. The molecule has 0 aliphatic rings. The molecule has 0 unspecified atom stereocenters. The molecule has 1 aromatic carbocycles. The number of hydrogen-bond acceptors (Lipinski definition) is 4. The molecule has 0 amide bonds. The highest BCUT2D eigenvalue weighted by atomic mass is 79.9. The predicted octanol–water partition coefficient (Wildman–Crippen LogP) is 4.62. The second kappa shape index (κ2) is 6.22. The summed E-state index contributed by atoms with van der Waals surface area (Å²) < 4.78 is 0.985. The Bertz CT molecular complexity index is 767. The molecule has 1 N–H and O–H groups in total. The SMILES string of the molecule is CC(C)NCc1csc(-c2nc3ccccc3cc2Br)n1. The second-order valence-electron chi connectivity index (χ2n) is 5.19. The fraction of sp³-hybridized carbons (Fsp3) is 0.250. The first-order valence-electron chi connectivity index (χ1n) is 6.87.